The summed E-state index contributed by atoms with van der Waals surface area (Å²) in [4.78, 5) is 30.3. The molecule has 0 radical (unpaired) electrons. The Morgan fingerprint density at radius 3 is 2.00 bits per heavy atom. The number of hydrogen-bond acceptors (Lipinski definition) is 5. The summed E-state index contributed by atoms with van der Waals surface area (Å²) in [5, 5.41) is 11.1. The molecule has 0 atom stereocenters. The van der Waals surface area contributed by atoms with E-state index >= 15 is 0 Å². The molecule has 1 aromatic carbocycles. The number of hydrogen-bond donors (Lipinski definition) is 1. The van der Waals surface area contributed by atoms with Crippen LogP contribution in [0, 0.1) is 11.8 Å². The van der Waals surface area contributed by atoms with Gasteiger partial charge in [0.2, 0.25) is 0 Å². The summed E-state index contributed by atoms with van der Waals surface area (Å²) in [6.07, 6.45) is 3.54. The minimum Gasteiger partial charge on any atom is -0.481 e. The molecule has 2 fully saturated rings. The topological polar surface area (TPSA) is 76.1 Å². The molecular formula is C23H33NO5. The SMILES string of the molecule is CC1(C)CC(C(=O)OC2CCC(C(=O)O)CC2)CC(C)(C)N1Oc1ccccc1. The molecule has 0 bridgehead atoms. The van der Waals surface area contributed by atoms with E-state index < -0.39 is 5.97 Å². The van der Waals surface area contributed by atoms with Gasteiger partial charge in [-0.3, -0.25) is 9.59 Å². The van der Waals surface area contributed by atoms with Crippen molar-refractivity contribution >= 4 is 11.9 Å². The third-order valence-corrected chi connectivity index (χ3v) is 6.17. The van der Waals surface area contributed by atoms with Crippen molar-refractivity contribution in [1.29, 1.82) is 0 Å². The van der Waals surface area contributed by atoms with Crippen LogP contribution in [-0.4, -0.2) is 39.3 Å². The van der Waals surface area contributed by atoms with Crippen LogP contribution in [-0.2, 0) is 14.3 Å². The average Bonchev–Trinajstić information content (AvgIpc) is 2.65. The van der Waals surface area contributed by atoms with Gasteiger partial charge in [0.05, 0.1) is 22.9 Å². The lowest BCUT2D eigenvalue weighted by molar-refractivity contribution is -0.230. The van der Waals surface area contributed by atoms with E-state index in [4.69, 9.17) is 14.7 Å². The normalized spacial score (nSPS) is 27.2. The molecule has 6 nitrogen and oxygen atoms in total. The third-order valence-electron chi connectivity index (χ3n) is 6.17. The molecular weight excluding hydrogens is 370 g/mol. The summed E-state index contributed by atoms with van der Waals surface area (Å²) in [6, 6.07) is 9.70. The maximum atomic E-state index is 12.9. The molecule has 0 amide bonds. The number of para-hydroxylation sites is 1. The van der Waals surface area contributed by atoms with Gasteiger partial charge in [0.15, 0.2) is 0 Å². The minimum absolute atomic E-state index is 0.163. The Morgan fingerprint density at radius 2 is 1.48 bits per heavy atom. The van der Waals surface area contributed by atoms with E-state index in [0.717, 1.165) is 5.75 Å². The Balaban J connectivity index is 1.62. The van der Waals surface area contributed by atoms with Gasteiger partial charge in [0.1, 0.15) is 11.9 Å². The van der Waals surface area contributed by atoms with Crippen molar-refractivity contribution in [3.8, 4) is 5.75 Å². The lowest BCUT2D eigenvalue weighted by atomic mass is 9.75. The number of rotatable bonds is 5. The quantitative estimate of drug-likeness (QED) is 0.733. The Bertz CT molecular complexity index is 704. The zero-order valence-corrected chi connectivity index (χ0v) is 17.9. The van der Waals surface area contributed by atoms with Crippen LogP contribution in [0.5, 0.6) is 5.75 Å². The molecule has 160 valence electrons. The van der Waals surface area contributed by atoms with Crippen LogP contribution in [0.3, 0.4) is 0 Å². The molecule has 2 aliphatic rings. The van der Waals surface area contributed by atoms with Crippen molar-refractivity contribution in [3.05, 3.63) is 30.3 Å². The second-order valence-corrected chi connectivity index (χ2v) is 9.68. The van der Waals surface area contributed by atoms with Crippen molar-refractivity contribution in [3.63, 3.8) is 0 Å². The van der Waals surface area contributed by atoms with Gasteiger partial charge in [0, 0.05) is 0 Å². The minimum atomic E-state index is -0.746. The second-order valence-electron chi connectivity index (χ2n) is 9.68. The second kappa shape index (κ2) is 8.34. The Kier molecular flexibility index (Phi) is 6.22. The predicted octanol–water partition coefficient (Wildman–Crippen LogP) is 4.44. The number of esters is 1. The summed E-state index contributed by atoms with van der Waals surface area (Å²) in [7, 11) is 0. The molecule has 1 saturated heterocycles. The fraction of sp³-hybridized carbons (Fsp3) is 0.652. The molecule has 1 aliphatic carbocycles. The Labute approximate surface area is 173 Å². The van der Waals surface area contributed by atoms with Gasteiger partial charge in [-0.2, -0.15) is 0 Å². The molecule has 0 unspecified atom stereocenters. The number of carbonyl (C=O) groups excluding carboxylic acids is 1. The van der Waals surface area contributed by atoms with Crippen LogP contribution in [0.15, 0.2) is 30.3 Å². The van der Waals surface area contributed by atoms with Gasteiger partial charge in [-0.1, -0.05) is 18.2 Å². The fourth-order valence-corrected chi connectivity index (χ4v) is 4.95. The summed E-state index contributed by atoms with van der Waals surface area (Å²) in [5.74, 6) is -0.632. The zero-order chi connectivity index (χ0) is 21.2. The van der Waals surface area contributed by atoms with E-state index in [1.807, 2.05) is 35.4 Å². The molecule has 1 aromatic rings. The van der Waals surface area contributed by atoms with Crippen molar-refractivity contribution in [2.75, 3.05) is 0 Å². The summed E-state index contributed by atoms with van der Waals surface area (Å²) >= 11 is 0. The van der Waals surface area contributed by atoms with Crippen LogP contribution in [0.1, 0.15) is 66.2 Å². The van der Waals surface area contributed by atoms with Crippen LogP contribution >= 0.6 is 0 Å². The molecule has 3 rings (SSSR count). The first-order valence-electron chi connectivity index (χ1n) is 10.6. The largest absolute Gasteiger partial charge is 0.481 e. The van der Waals surface area contributed by atoms with E-state index in [9.17, 15) is 9.59 Å². The molecule has 29 heavy (non-hydrogen) atoms. The standard InChI is InChI=1S/C23H33NO5/c1-22(2)14-17(21(27)28-18-12-10-16(11-13-18)20(25)26)15-23(3,4)24(22)29-19-8-6-5-7-9-19/h5-9,16-18H,10-15H2,1-4H3,(H,25,26). The summed E-state index contributed by atoms with van der Waals surface area (Å²) in [6.45, 7) is 8.37. The number of benzene rings is 1. The van der Waals surface area contributed by atoms with Gasteiger partial charge < -0.3 is 14.7 Å². The van der Waals surface area contributed by atoms with Gasteiger partial charge >= 0.3 is 11.9 Å². The summed E-state index contributed by atoms with van der Waals surface area (Å²) in [5.41, 5.74) is -0.690. The number of carboxylic acids is 1. The van der Waals surface area contributed by atoms with E-state index in [2.05, 4.69) is 27.7 Å². The number of nitrogens with zero attached hydrogens (tertiary/aromatic N) is 1. The van der Waals surface area contributed by atoms with E-state index in [1.54, 1.807) is 0 Å². The van der Waals surface area contributed by atoms with E-state index in [-0.39, 0.29) is 35.0 Å². The number of carbonyl (C=O) groups is 2. The first-order valence-corrected chi connectivity index (χ1v) is 10.6. The highest BCUT2D eigenvalue weighted by Gasteiger charge is 2.50. The van der Waals surface area contributed by atoms with Crippen LogP contribution in [0.25, 0.3) is 0 Å². The van der Waals surface area contributed by atoms with E-state index in [1.165, 1.54) is 0 Å². The molecule has 1 saturated carbocycles. The lowest BCUT2D eigenvalue weighted by Gasteiger charge is -2.52. The maximum absolute atomic E-state index is 12.9. The first kappa shape index (κ1) is 21.6. The van der Waals surface area contributed by atoms with Crippen molar-refractivity contribution in [2.24, 2.45) is 11.8 Å². The fourth-order valence-electron chi connectivity index (χ4n) is 4.95. The van der Waals surface area contributed by atoms with Gasteiger partial charge in [0.25, 0.3) is 0 Å². The number of ether oxygens (including phenoxy) is 1. The Morgan fingerprint density at radius 1 is 0.931 bits per heavy atom. The van der Waals surface area contributed by atoms with Gasteiger partial charge in [-0.25, -0.2) is 0 Å². The smallest absolute Gasteiger partial charge is 0.309 e. The van der Waals surface area contributed by atoms with Crippen molar-refractivity contribution < 1.29 is 24.3 Å². The highest BCUT2D eigenvalue weighted by Crippen LogP contribution is 2.42. The van der Waals surface area contributed by atoms with Gasteiger partial charge in [-0.15, -0.1) is 5.06 Å². The maximum Gasteiger partial charge on any atom is 0.309 e. The first-order chi connectivity index (χ1) is 13.6. The molecule has 1 aliphatic heterocycles. The molecule has 6 heteroatoms. The van der Waals surface area contributed by atoms with E-state index in [0.29, 0.717) is 38.5 Å². The van der Waals surface area contributed by atoms with Crippen LogP contribution in [0.2, 0.25) is 0 Å². The number of piperidine rings is 1. The predicted molar refractivity (Wildman–Crippen MR) is 109 cm³/mol. The van der Waals surface area contributed by atoms with Crippen molar-refractivity contribution in [1.82, 2.24) is 5.06 Å². The third kappa shape index (κ3) is 5.10. The number of carboxylic acid groups (broad SMARTS) is 1. The lowest BCUT2D eigenvalue weighted by Crippen LogP contribution is -2.62. The van der Waals surface area contributed by atoms with Gasteiger partial charge in [-0.05, 0) is 78.4 Å². The van der Waals surface area contributed by atoms with Crippen LogP contribution < -0.4 is 4.84 Å². The summed E-state index contributed by atoms with van der Waals surface area (Å²) < 4.78 is 5.81. The molecule has 1 N–H and O–H groups in total. The average molecular weight is 404 g/mol. The Hall–Kier alpha value is -2.08. The number of aliphatic carboxylic acids is 1. The molecule has 1 heterocycles. The van der Waals surface area contributed by atoms with Crippen molar-refractivity contribution in [2.45, 2.75) is 83.4 Å². The number of hydroxylamine groups is 2. The van der Waals surface area contributed by atoms with Crippen LogP contribution in [0.4, 0.5) is 0 Å². The highest BCUT2D eigenvalue weighted by atomic mass is 16.7. The molecule has 0 spiro atoms. The zero-order valence-electron chi connectivity index (χ0n) is 17.9. The monoisotopic (exact) mass is 403 g/mol. The molecule has 0 aromatic heterocycles. The highest BCUT2D eigenvalue weighted by molar-refractivity contribution is 5.73.